The first-order chi connectivity index (χ1) is 11.3. The molecule has 0 fully saturated rings. The number of carboxylic acid groups (broad SMARTS) is 2. The highest BCUT2D eigenvalue weighted by molar-refractivity contribution is 6.35. The molecule has 0 aliphatic heterocycles. The van der Waals surface area contributed by atoms with Crippen LogP contribution >= 0.6 is 23.2 Å². The van der Waals surface area contributed by atoms with E-state index in [1.807, 2.05) is 27.7 Å². The molecule has 0 saturated carbocycles. The molecule has 0 radical (unpaired) electrons. The number of carbonyl (C=O) groups is 3. The van der Waals surface area contributed by atoms with Gasteiger partial charge in [-0.1, -0.05) is 23.2 Å². The van der Waals surface area contributed by atoms with Crippen LogP contribution in [0.2, 0.25) is 10.0 Å². The molecule has 0 spiro atoms. The number of benzene rings is 1. The van der Waals surface area contributed by atoms with Crippen LogP contribution in [-0.4, -0.2) is 39.5 Å². The van der Waals surface area contributed by atoms with E-state index in [1.54, 1.807) is 18.2 Å². The van der Waals surface area contributed by atoms with E-state index in [1.165, 1.54) is 0 Å². The van der Waals surface area contributed by atoms with E-state index >= 15 is 0 Å². The summed E-state index contributed by atoms with van der Waals surface area (Å²) in [6.07, 6.45) is 1.12. The van der Waals surface area contributed by atoms with Gasteiger partial charge in [-0.15, -0.1) is 0 Å². The Morgan fingerprint density at radius 2 is 1.40 bits per heavy atom. The average molecular weight is 390 g/mol. The van der Waals surface area contributed by atoms with E-state index in [4.69, 9.17) is 33.4 Å². The van der Waals surface area contributed by atoms with Crippen molar-refractivity contribution in [3.63, 3.8) is 0 Å². The highest BCUT2D eigenvalue weighted by Gasteiger charge is 2.21. The minimum atomic E-state index is -1.26. The van der Waals surface area contributed by atoms with Crippen LogP contribution in [-0.2, 0) is 9.59 Å². The molecule has 1 atom stereocenters. The van der Waals surface area contributed by atoms with Gasteiger partial charge in [0, 0.05) is 33.3 Å². The van der Waals surface area contributed by atoms with Gasteiger partial charge in [-0.05, 0) is 45.9 Å². The van der Waals surface area contributed by atoms with Gasteiger partial charge in [-0.2, -0.15) is 0 Å². The Kier molecular flexibility index (Phi) is 9.41. The maximum Gasteiger partial charge on any atom is 0.328 e. The van der Waals surface area contributed by atoms with Crippen molar-refractivity contribution >= 4 is 40.9 Å². The summed E-state index contributed by atoms with van der Waals surface area (Å²) in [4.78, 5) is 31.3. The summed E-state index contributed by atoms with van der Waals surface area (Å²) in [6, 6.07) is 4.61. The predicted octanol–water partition coefficient (Wildman–Crippen LogP) is 3.66. The second-order valence-corrected chi connectivity index (χ2v) is 7.02. The Morgan fingerprint density at radius 1 is 1.00 bits per heavy atom. The summed E-state index contributed by atoms with van der Waals surface area (Å²) < 4.78 is 0. The number of hydrogen-bond donors (Lipinski definition) is 3. The van der Waals surface area contributed by atoms with E-state index < -0.39 is 11.9 Å². The SMILES string of the molecule is CC(NC(C)(C)C)C(=O)c1cc(Cl)cc(Cl)c1.O=C(O)C=CC(=O)O. The summed E-state index contributed by atoms with van der Waals surface area (Å²) in [5, 5.41) is 19.8. The number of nitrogens with one attached hydrogen (secondary N) is 1. The summed E-state index contributed by atoms with van der Waals surface area (Å²) in [6.45, 7) is 7.88. The van der Waals surface area contributed by atoms with Gasteiger partial charge in [0.25, 0.3) is 0 Å². The van der Waals surface area contributed by atoms with Gasteiger partial charge in [-0.3, -0.25) is 4.79 Å². The third-order valence-corrected chi connectivity index (χ3v) is 2.99. The Hall–Kier alpha value is -1.89. The first-order valence-electron chi connectivity index (χ1n) is 7.23. The molecule has 0 saturated heterocycles. The van der Waals surface area contributed by atoms with Crippen molar-refractivity contribution in [2.24, 2.45) is 0 Å². The Labute approximate surface area is 156 Å². The molecule has 0 aromatic heterocycles. The first kappa shape index (κ1) is 23.1. The summed E-state index contributed by atoms with van der Waals surface area (Å²) in [5.41, 5.74) is 0.420. The number of halogens is 2. The number of carboxylic acids is 2. The predicted molar refractivity (Wildman–Crippen MR) is 97.6 cm³/mol. The smallest absolute Gasteiger partial charge is 0.328 e. The molecule has 1 aromatic rings. The minimum Gasteiger partial charge on any atom is -0.478 e. The van der Waals surface area contributed by atoms with Crippen LogP contribution in [0.15, 0.2) is 30.4 Å². The lowest BCUT2D eigenvalue weighted by Gasteiger charge is -2.25. The highest BCUT2D eigenvalue weighted by Crippen LogP contribution is 2.20. The second-order valence-electron chi connectivity index (χ2n) is 6.15. The summed E-state index contributed by atoms with van der Waals surface area (Å²) >= 11 is 11.7. The molecule has 0 heterocycles. The zero-order valence-corrected chi connectivity index (χ0v) is 15.9. The Bertz CT molecular complexity index is 629. The van der Waals surface area contributed by atoms with Crippen LogP contribution in [0, 0.1) is 0 Å². The van der Waals surface area contributed by atoms with Gasteiger partial charge in [-0.25, -0.2) is 9.59 Å². The molecular formula is C17H21Cl2NO5. The molecule has 6 nitrogen and oxygen atoms in total. The number of rotatable bonds is 5. The van der Waals surface area contributed by atoms with Gasteiger partial charge in [0.1, 0.15) is 0 Å². The molecule has 25 heavy (non-hydrogen) atoms. The van der Waals surface area contributed by atoms with E-state index in [0.717, 1.165) is 0 Å². The molecule has 8 heteroatoms. The van der Waals surface area contributed by atoms with Crippen LogP contribution < -0.4 is 5.32 Å². The lowest BCUT2D eigenvalue weighted by molar-refractivity contribution is -0.134. The molecule has 0 aliphatic rings. The maximum atomic E-state index is 12.1. The third kappa shape index (κ3) is 11.3. The van der Waals surface area contributed by atoms with Crippen molar-refractivity contribution in [1.29, 1.82) is 0 Å². The standard InChI is InChI=1S/C13H17Cl2NO.C4H4O4/c1-8(16-13(2,3)4)12(17)9-5-10(14)7-11(15)6-9;5-3(6)1-2-4(7)8/h5-8,16H,1-4H3;1-2H,(H,5,6)(H,7,8). The lowest BCUT2D eigenvalue weighted by Crippen LogP contribution is -2.46. The van der Waals surface area contributed by atoms with Gasteiger partial charge >= 0.3 is 11.9 Å². The zero-order chi connectivity index (χ0) is 19.8. The molecule has 0 aliphatic carbocycles. The van der Waals surface area contributed by atoms with Crippen LogP contribution in [0.3, 0.4) is 0 Å². The topological polar surface area (TPSA) is 104 Å². The molecule has 0 bridgehead atoms. The highest BCUT2D eigenvalue weighted by atomic mass is 35.5. The summed E-state index contributed by atoms with van der Waals surface area (Å²) in [7, 11) is 0. The zero-order valence-electron chi connectivity index (χ0n) is 14.3. The van der Waals surface area contributed by atoms with Crippen molar-refractivity contribution in [3.05, 3.63) is 46.0 Å². The fourth-order valence-corrected chi connectivity index (χ4v) is 2.33. The second kappa shape index (κ2) is 10.2. The van der Waals surface area contributed by atoms with Crippen molar-refractivity contribution in [2.45, 2.75) is 39.3 Å². The van der Waals surface area contributed by atoms with Crippen LogP contribution in [0.1, 0.15) is 38.1 Å². The van der Waals surface area contributed by atoms with Gasteiger partial charge in [0.05, 0.1) is 6.04 Å². The Morgan fingerprint density at radius 3 is 1.72 bits per heavy atom. The van der Waals surface area contributed by atoms with E-state index in [-0.39, 0.29) is 17.4 Å². The fraction of sp³-hybridized carbons (Fsp3) is 0.353. The molecule has 1 unspecified atom stereocenters. The molecule has 3 N–H and O–H groups in total. The van der Waals surface area contributed by atoms with E-state index in [2.05, 4.69) is 5.32 Å². The van der Waals surface area contributed by atoms with Crippen molar-refractivity contribution in [3.8, 4) is 0 Å². The van der Waals surface area contributed by atoms with Crippen molar-refractivity contribution < 1.29 is 24.6 Å². The average Bonchev–Trinajstić information content (AvgIpc) is 2.42. The van der Waals surface area contributed by atoms with Crippen LogP contribution in [0.4, 0.5) is 0 Å². The Balaban J connectivity index is 0.000000609. The van der Waals surface area contributed by atoms with Crippen molar-refractivity contribution in [1.82, 2.24) is 5.32 Å². The first-order valence-corrected chi connectivity index (χ1v) is 7.99. The molecule has 0 amide bonds. The monoisotopic (exact) mass is 389 g/mol. The fourth-order valence-electron chi connectivity index (χ4n) is 1.80. The van der Waals surface area contributed by atoms with Crippen LogP contribution in [0.25, 0.3) is 0 Å². The maximum absolute atomic E-state index is 12.1. The number of carbonyl (C=O) groups excluding carboxylic acids is 1. The minimum absolute atomic E-state index is 0.00988. The number of hydrogen-bond acceptors (Lipinski definition) is 4. The molecule has 1 aromatic carbocycles. The molecule has 1 rings (SSSR count). The lowest BCUT2D eigenvalue weighted by atomic mass is 10.0. The molecule has 138 valence electrons. The van der Waals surface area contributed by atoms with E-state index in [9.17, 15) is 14.4 Å². The largest absolute Gasteiger partial charge is 0.478 e. The van der Waals surface area contributed by atoms with E-state index in [0.29, 0.717) is 27.8 Å². The van der Waals surface area contributed by atoms with Gasteiger partial charge in [0.2, 0.25) is 0 Å². The van der Waals surface area contributed by atoms with Gasteiger partial charge in [0.15, 0.2) is 5.78 Å². The third-order valence-electron chi connectivity index (χ3n) is 2.56. The summed E-state index contributed by atoms with van der Waals surface area (Å²) in [5.74, 6) is -2.52. The number of ketones is 1. The molecular weight excluding hydrogens is 369 g/mol. The number of Topliss-reactive ketones (excluding diaryl/α,β-unsaturated/α-hetero) is 1. The number of aliphatic carboxylic acids is 2. The van der Waals surface area contributed by atoms with Crippen molar-refractivity contribution in [2.75, 3.05) is 0 Å². The van der Waals surface area contributed by atoms with Gasteiger partial charge < -0.3 is 15.5 Å². The normalized spacial score (nSPS) is 12.2. The quantitative estimate of drug-likeness (QED) is 0.524. The van der Waals surface area contributed by atoms with Crippen LogP contribution in [0.5, 0.6) is 0 Å².